The maximum absolute atomic E-state index is 3.70. The Kier molecular flexibility index (Phi) is 2.94. The van der Waals surface area contributed by atoms with Crippen LogP contribution in [0.1, 0.15) is 18.4 Å². The van der Waals surface area contributed by atoms with Crippen molar-refractivity contribution in [3.63, 3.8) is 0 Å². The van der Waals surface area contributed by atoms with E-state index in [1.165, 1.54) is 44.5 Å². The number of nitrogens with zero attached hydrogens (tertiary/aromatic N) is 1. The zero-order valence-electron chi connectivity index (χ0n) is 9.73. The van der Waals surface area contributed by atoms with Crippen molar-refractivity contribution in [2.24, 2.45) is 0 Å². The summed E-state index contributed by atoms with van der Waals surface area (Å²) in [6.07, 6.45) is 3.96. The summed E-state index contributed by atoms with van der Waals surface area (Å²) < 4.78 is 0. The number of hydrogen-bond donors (Lipinski definition) is 1. The van der Waals surface area contributed by atoms with Crippen LogP contribution in [0.25, 0.3) is 0 Å². The van der Waals surface area contributed by atoms with Crippen LogP contribution in [-0.4, -0.2) is 36.6 Å². The van der Waals surface area contributed by atoms with Crippen molar-refractivity contribution in [3.8, 4) is 0 Å². The van der Waals surface area contributed by atoms with Gasteiger partial charge in [-0.25, -0.2) is 0 Å². The van der Waals surface area contributed by atoms with Crippen molar-refractivity contribution >= 4 is 0 Å². The molecule has 16 heavy (non-hydrogen) atoms. The van der Waals surface area contributed by atoms with Crippen LogP contribution in [0.3, 0.4) is 0 Å². The van der Waals surface area contributed by atoms with E-state index in [9.17, 15) is 0 Å². The van der Waals surface area contributed by atoms with Crippen LogP contribution in [0, 0.1) is 0 Å². The van der Waals surface area contributed by atoms with Gasteiger partial charge in [-0.3, -0.25) is 4.90 Å². The highest BCUT2D eigenvalue weighted by Gasteiger charge is 2.30. The Bertz CT molecular complexity index is 336. The summed E-state index contributed by atoms with van der Waals surface area (Å²) in [5.74, 6) is 0. The van der Waals surface area contributed by atoms with Gasteiger partial charge >= 0.3 is 0 Å². The van der Waals surface area contributed by atoms with E-state index in [1.54, 1.807) is 0 Å². The van der Waals surface area contributed by atoms with Gasteiger partial charge in [0, 0.05) is 25.2 Å². The van der Waals surface area contributed by atoms with E-state index in [4.69, 9.17) is 0 Å². The SMILES string of the molecule is c1ccc(C[C@H]2CN3CCC[C@@H]3CN2)cc1. The van der Waals surface area contributed by atoms with Crippen LogP contribution in [0.15, 0.2) is 30.3 Å². The number of nitrogens with one attached hydrogen (secondary N) is 1. The van der Waals surface area contributed by atoms with Crippen LogP contribution in [0.2, 0.25) is 0 Å². The summed E-state index contributed by atoms with van der Waals surface area (Å²) in [5.41, 5.74) is 1.46. The minimum atomic E-state index is 0.650. The molecule has 2 atom stereocenters. The molecule has 0 spiro atoms. The third-order valence-electron chi connectivity index (χ3n) is 3.92. The number of fused-ring (bicyclic) bond motifs is 1. The van der Waals surface area contributed by atoms with Crippen molar-refractivity contribution < 1.29 is 0 Å². The first kappa shape index (κ1) is 10.3. The molecule has 0 bridgehead atoms. The van der Waals surface area contributed by atoms with E-state index in [1.807, 2.05) is 0 Å². The molecule has 1 N–H and O–H groups in total. The Morgan fingerprint density at radius 3 is 3.00 bits per heavy atom. The molecule has 2 nitrogen and oxygen atoms in total. The van der Waals surface area contributed by atoms with Crippen LogP contribution < -0.4 is 5.32 Å². The first-order valence-corrected chi connectivity index (χ1v) is 6.43. The first-order valence-electron chi connectivity index (χ1n) is 6.43. The summed E-state index contributed by atoms with van der Waals surface area (Å²) in [7, 11) is 0. The molecule has 2 aliphatic rings. The highest BCUT2D eigenvalue weighted by molar-refractivity contribution is 5.16. The average Bonchev–Trinajstić information content (AvgIpc) is 2.77. The summed E-state index contributed by atoms with van der Waals surface area (Å²) >= 11 is 0. The fourth-order valence-corrected chi connectivity index (χ4v) is 3.05. The molecule has 2 saturated heterocycles. The zero-order valence-corrected chi connectivity index (χ0v) is 9.73. The van der Waals surface area contributed by atoms with Gasteiger partial charge in [0.15, 0.2) is 0 Å². The second kappa shape index (κ2) is 4.56. The van der Waals surface area contributed by atoms with Gasteiger partial charge < -0.3 is 5.32 Å². The van der Waals surface area contributed by atoms with Gasteiger partial charge in [-0.15, -0.1) is 0 Å². The van der Waals surface area contributed by atoms with Crippen molar-refractivity contribution in [3.05, 3.63) is 35.9 Å². The molecule has 0 amide bonds. The van der Waals surface area contributed by atoms with Gasteiger partial charge in [-0.05, 0) is 31.4 Å². The molecular formula is C14H20N2. The maximum atomic E-state index is 3.70. The molecule has 3 rings (SSSR count). The lowest BCUT2D eigenvalue weighted by Crippen LogP contribution is -2.54. The molecular weight excluding hydrogens is 196 g/mol. The molecule has 0 radical (unpaired) electrons. The molecule has 0 saturated carbocycles. The van der Waals surface area contributed by atoms with Gasteiger partial charge in [0.2, 0.25) is 0 Å². The Labute approximate surface area is 97.6 Å². The largest absolute Gasteiger partial charge is 0.311 e. The van der Waals surface area contributed by atoms with E-state index in [-0.39, 0.29) is 0 Å². The molecule has 2 heterocycles. The third-order valence-corrected chi connectivity index (χ3v) is 3.92. The molecule has 2 heteroatoms. The summed E-state index contributed by atoms with van der Waals surface area (Å²) in [5, 5.41) is 3.70. The second-order valence-electron chi connectivity index (χ2n) is 5.09. The highest BCUT2D eigenvalue weighted by atomic mass is 15.2. The predicted molar refractivity (Wildman–Crippen MR) is 66.5 cm³/mol. The van der Waals surface area contributed by atoms with Gasteiger partial charge in [0.05, 0.1) is 0 Å². The Morgan fingerprint density at radius 1 is 1.25 bits per heavy atom. The molecule has 0 aliphatic carbocycles. The minimum Gasteiger partial charge on any atom is -0.311 e. The minimum absolute atomic E-state index is 0.650. The van der Waals surface area contributed by atoms with Gasteiger partial charge in [-0.2, -0.15) is 0 Å². The lowest BCUT2D eigenvalue weighted by molar-refractivity contribution is 0.172. The topological polar surface area (TPSA) is 15.3 Å². The first-order chi connectivity index (χ1) is 7.92. The van der Waals surface area contributed by atoms with Gasteiger partial charge in [0.1, 0.15) is 0 Å². The Hall–Kier alpha value is -0.860. The molecule has 2 aliphatic heterocycles. The fraction of sp³-hybridized carbons (Fsp3) is 0.571. The summed E-state index contributed by atoms with van der Waals surface area (Å²) in [4.78, 5) is 2.67. The lowest BCUT2D eigenvalue weighted by Gasteiger charge is -2.36. The lowest BCUT2D eigenvalue weighted by atomic mass is 10.0. The standard InChI is InChI=1S/C14H20N2/c1-2-5-12(6-3-1)9-13-11-16-8-4-7-14(16)10-15-13/h1-3,5-6,13-15H,4,7-11H2/t13-,14+/m0/s1. The Balaban J connectivity index is 1.60. The molecule has 86 valence electrons. The van der Waals surface area contributed by atoms with Crippen LogP contribution in [0.5, 0.6) is 0 Å². The monoisotopic (exact) mass is 216 g/mol. The third kappa shape index (κ3) is 2.13. The van der Waals surface area contributed by atoms with Gasteiger partial charge in [0.25, 0.3) is 0 Å². The molecule has 1 aromatic carbocycles. The fourth-order valence-electron chi connectivity index (χ4n) is 3.05. The summed E-state index contributed by atoms with van der Waals surface area (Å²) in [6.45, 7) is 3.74. The number of piperazine rings is 1. The average molecular weight is 216 g/mol. The van der Waals surface area contributed by atoms with Crippen molar-refractivity contribution in [1.29, 1.82) is 0 Å². The van der Waals surface area contributed by atoms with E-state index < -0.39 is 0 Å². The number of benzene rings is 1. The maximum Gasteiger partial charge on any atom is 0.0236 e. The molecule has 0 aromatic heterocycles. The summed E-state index contributed by atoms with van der Waals surface area (Å²) in [6, 6.07) is 12.3. The van der Waals surface area contributed by atoms with Crippen molar-refractivity contribution in [2.75, 3.05) is 19.6 Å². The van der Waals surface area contributed by atoms with Crippen molar-refractivity contribution in [2.45, 2.75) is 31.3 Å². The van der Waals surface area contributed by atoms with E-state index >= 15 is 0 Å². The smallest absolute Gasteiger partial charge is 0.0236 e. The highest BCUT2D eigenvalue weighted by Crippen LogP contribution is 2.20. The van der Waals surface area contributed by atoms with Crippen LogP contribution in [0.4, 0.5) is 0 Å². The van der Waals surface area contributed by atoms with Gasteiger partial charge in [-0.1, -0.05) is 30.3 Å². The number of hydrogen-bond acceptors (Lipinski definition) is 2. The molecule has 0 unspecified atom stereocenters. The molecule has 1 aromatic rings. The normalized spacial score (nSPS) is 30.2. The van der Waals surface area contributed by atoms with E-state index in [0.29, 0.717) is 6.04 Å². The van der Waals surface area contributed by atoms with E-state index in [2.05, 4.69) is 40.5 Å². The van der Waals surface area contributed by atoms with Crippen LogP contribution >= 0.6 is 0 Å². The van der Waals surface area contributed by atoms with Crippen LogP contribution in [-0.2, 0) is 6.42 Å². The predicted octanol–water partition coefficient (Wildman–Crippen LogP) is 1.67. The number of rotatable bonds is 2. The quantitative estimate of drug-likeness (QED) is 0.809. The Morgan fingerprint density at radius 2 is 2.12 bits per heavy atom. The molecule has 2 fully saturated rings. The van der Waals surface area contributed by atoms with E-state index in [0.717, 1.165) is 6.04 Å². The van der Waals surface area contributed by atoms with Crippen molar-refractivity contribution in [1.82, 2.24) is 10.2 Å². The zero-order chi connectivity index (χ0) is 10.8. The second-order valence-corrected chi connectivity index (χ2v) is 5.09.